The van der Waals surface area contributed by atoms with E-state index in [1.54, 1.807) is 0 Å². The van der Waals surface area contributed by atoms with Crippen LogP contribution < -0.4 is 10.0 Å². The number of carbonyl (C=O) groups is 2. The molecule has 7 nitrogen and oxygen atoms in total. The minimum Gasteiger partial charge on any atom is -0.452 e. The van der Waals surface area contributed by atoms with E-state index in [2.05, 4.69) is 10.0 Å². The summed E-state index contributed by atoms with van der Waals surface area (Å²) in [6, 6.07) is 14.7. The summed E-state index contributed by atoms with van der Waals surface area (Å²) in [7, 11) is -3.80. The molecule has 0 heterocycles. The van der Waals surface area contributed by atoms with E-state index in [0.717, 1.165) is 18.4 Å². The molecule has 29 heavy (non-hydrogen) atoms. The Bertz CT molecular complexity index is 972. The van der Waals surface area contributed by atoms with Gasteiger partial charge in [-0.1, -0.05) is 36.4 Å². The second-order valence-electron chi connectivity index (χ2n) is 7.11. The van der Waals surface area contributed by atoms with Gasteiger partial charge in [-0.15, -0.1) is 0 Å². The summed E-state index contributed by atoms with van der Waals surface area (Å²) in [5, 5.41) is 2.79. The van der Waals surface area contributed by atoms with E-state index in [-0.39, 0.29) is 29.0 Å². The second kappa shape index (κ2) is 9.19. The highest BCUT2D eigenvalue weighted by atomic mass is 32.2. The molecule has 2 aromatic rings. The molecule has 1 aliphatic rings. The molecule has 0 saturated heterocycles. The van der Waals surface area contributed by atoms with Gasteiger partial charge in [-0.3, -0.25) is 4.79 Å². The number of sulfonamides is 1. The van der Waals surface area contributed by atoms with E-state index in [9.17, 15) is 18.0 Å². The van der Waals surface area contributed by atoms with Gasteiger partial charge in [-0.2, -0.15) is 0 Å². The van der Waals surface area contributed by atoms with Crippen molar-refractivity contribution < 1.29 is 22.7 Å². The number of esters is 1. The molecule has 0 radical (unpaired) electrons. The lowest BCUT2D eigenvalue weighted by atomic mass is 10.2. The molecule has 2 aromatic carbocycles. The molecule has 0 aliphatic heterocycles. The zero-order valence-electron chi connectivity index (χ0n) is 16.1. The maximum Gasteiger partial charge on any atom is 0.338 e. The number of amides is 1. The van der Waals surface area contributed by atoms with Crippen molar-refractivity contribution in [1.82, 2.24) is 10.0 Å². The van der Waals surface area contributed by atoms with Gasteiger partial charge in [0, 0.05) is 12.6 Å². The normalized spacial score (nSPS) is 14.8. The lowest BCUT2D eigenvalue weighted by Crippen LogP contribution is -2.37. The van der Waals surface area contributed by atoms with Gasteiger partial charge in [0.15, 0.2) is 6.61 Å². The van der Waals surface area contributed by atoms with E-state index in [0.29, 0.717) is 5.92 Å². The fourth-order valence-corrected chi connectivity index (χ4v) is 3.94. The van der Waals surface area contributed by atoms with Gasteiger partial charge in [0.05, 0.1) is 10.5 Å². The van der Waals surface area contributed by atoms with E-state index in [4.69, 9.17) is 4.74 Å². The average Bonchev–Trinajstić information content (AvgIpc) is 3.57. The molecule has 3 rings (SSSR count). The van der Waals surface area contributed by atoms with Crippen LogP contribution >= 0.6 is 0 Å². The highest BCUT2D eigenvalue weighted by Gasteiger charge is 2.29. The van der Waals surface area contributed by atoms with E-state index in [1.807, 2.05) is 37.3 Å². The molecule has 0 spiro atoms. The Morgan fingerprint density at radius 2 is 1.83 bits per heavy atom. The van der Waals surface area contributed by atoms with Crippen molar-refractivity contribution in [3.05, 3.63) is 65.7 Å². The molecule has 154 valence electrons. The van der Waals surface area contributed by atoms with E-state index < -0.39 is 22.6 Å². The van der Waals surface area contributed by atoms with Crippen LogP contribution in [-0.4, -0.2) is 32.9 Å². The third-order valence-corrected chi connectivity index (χ3v) is 6.14. The van der Waals surface area contributed by atoms with Gasteiger partial charge in [-0.05, 0) is 49.4 Å². The Morgan fingerprint density at radius 1 is 1.10 bits per heavy atom. The van der Waals surface area contributed by atoms with Gasteiger partial charge in [0.1, 0.15) is 0 Å². The first kappa shape index (κ1) is 21.0. The maximum absolute atomic E-state index is 12.5. The quantitative estimate of drug-likeness (QED) is 0.611. The SMILES string of the molecule is C[C@@H](NC(=O)COC(=O)c1cccc(S(=O)(=O)NCc2ccccc2)c1)C1CC1. The van der Waals surface area contributed by atoms with Crippen molar-refractivity contribution in [3.8, 4) is 0 Å². The summed E-state index contributed by atoms with van der Waals surface area (Å²) in [6.07, 6.45) is 2.20. The predicted molar refractivity (Wildman–Crippen MR) is 108 cm³/mol. The Morgan fingerprint density at radius 3 is 2.52 bits per heavy atom. The van der Waals surface area contributed by atoms with Crippen LogP contribution in [-0.2, 0) is 26.1 Å². The van der Waals surface area contributed by atoms with Crippen molar-refractivity contribution >= 4 is 21.9 Å². The van der Waals surface area contributed by atoms with Crippen LogP contribution in [0, 0.1) is 5.92 Å². The molecule has 1 saturated carbocycles. The Labute approximate surface area is 170 Å². The van der Waals surface area contributed by atoms with Crippen molar-refractivity contribution in [2.45, 2.75) is 37.2 Å². The molecular formula is C21H24N2O5S. The second-order valence-corrected chi connectivity index (χ2v) is 8.87. The van der Waals surface area contributed by atoms with Crippen LogP contribution in [0.15, 0.2) is 59.5 Å². The summed E-state index contributed by atoms with van der Waals surface area (Å²) < 4.78 is 32.5. The molecule has 1 fully saturated rings. The van der Waals surface area contributed by atoms with Crippen LogP contribution in [0.5, 0.6) is 0 Å². The smallest absolute Gasteiger partial charge is 0.338 e. The van der Waals surface area contributed by atoms with Gasteiger partial charge in [0.2, 0.25) is 10.0 Å². The standard InChI is InChI=1S/C21H24N2O5S/c1-15(17-10-11-17)23-20(24)14-28-21(25)18-8-5-9-19(12-18)29(26,27)22-13-16-6-3-2-4-7-16/h2-9,12,15,17,22H,10-11,13-14H2,1H3,(H,23,24)/t15-/m1/s1. The highest BCUT2D eigenvalue weighted by molar-refractivity contribution is 7.89. The molecule has 1 atom stereocenters. The lowest BCUT2D eigenvalue weighted by Gasteiger charge is -2.13. The molecule has 0 aromatic heterocycles. The van der Waals surface area contributed by atoms with Crippen LogP contribution in [0.1, 0.15) is 35.7 Å². The zero-order chi connectivity index (χ0) is 20.9. The third kappa shape index (κ3) is 6.13. The van der Waals surface area contributed by atoms with Gasteiger partial charge < -0.3 is 10.1 Å². The lowest BCUT2D eigenvalue weighted by molar-refractivity contribution is -0.124. The molecule has 8 heteroatoms. The number of hydrogen-bond acceptors (Lipinski definition) is 5. The summed E-state index contributed by atoms with van der Waals surface area (Å²) in [4.78, 5) is 24.0. The highest BCUT2D eigenvalue weighted by Crippen LogP contribution is 2.32. The van der Waals surface area contributed by atoms with Gasteiger partial charge in [-0.25, -0.2) is 17.9 Å². The van der Waals surface area contributed by atoms with E-state index >= 15 is 0 Å². The molecule has 1 aliphatic carbocycles. The van der Waals surface area contributed by atoms with Crippen LogP contribution in [0.3, 0.4) is 0 Å². The molecule has 1 amide bonds. The fraction of sp³-hybridized carbons (Fsp3) is 0.333. The summed E-state index contributed by atoms with van der Waals surface area (Å²) in [6.45, 7) is 1.66. The van der Waals surface area contributed by atoms with Crippen molar-refractivity contribution in [2.75, 3.05) is 6.61 Å². The van der Waals surface area contributed by atoms with Gasteiger partial charge >= 0.3 is 5.97 Å². The maximum atomic E-state index is 12.5. The summed E-state index contributed by atoms with van der Waals surface area (Å²) in [5.41, 5.74) is 0.883. The van der Waals surface area contributed by atoms with Crippen LogP contribution in [0.4, 0.5) is 0 Å². The summed E-state index contributed by atoms with van der Waals surface area (Å²) >= 11 is 0. The Kier molecular flexibility index (Phi) is 6.66. The number of benzene rings is 2. The first-order chi connectivity index (χ1) is 13.8. The van der Waals surface area contributed by atoms with E-state index in [1.165, 1.54) is 24.3 Å². The number of carbonyl (C=O) groups excluding carboxylic acids is 2. The predicted octanol–water partition coefficient (Wildman–Crippen LogP) is 2.24. The van der Waals surface area contributed by atoms with Crippen molar-refractivity contribution in [3.63, 3.8) is 0 Å². The number of ether oxygens (including phenoxy) is 1. The fourth-order valence-electron chi connectivity index (χ4n) is 2.87. The van der Waals surface area contributed by atoms with Crippen molar-refractivity contribution in [2.24, 2.45) is 5.92 Å². The first-order valence-corrected chi connectivity index (χ1v) is 10.9. The summed E-state index contributed by atoms with van der Waals surface area (Å²) in [5.74, 6) is -0.620. The molecule has 0 bridgehead atoms. The zero-order valence-corrected chi connectivity index (χ0v) is 16.9. The van der Waals surface area contributed by atoms with Crippen molar-refractivity contribution in [1.29, 1.82) is 0 Å². The molecule has 0 unspecified atom stereocenters. The Hall–Kier alpha value is -2.71. The minimum absolute atomic E-state index is 0.0466. The first-order valence-electron chi connectivity index (χ1n) is 9.45. The average molecular weight is 416 g/mol. The molecular weight excluding hydrogens is 392 g/mol. The number of hydrogen-bond donors (Lipinski definition) is 2. The third-order valence-electron chi connectivity index (χ3n) is 4.74. The minimum atomic E-state index is -3.80. The number of nitrogens with one attached hydrogen (secondary N) is 2. The van der Waals surface area contributed by atoms with Gasteiger partial charge in [0.25, 0.3) is 5.91 Å². The largest absolute Gasteiger partial charge is 0.452 e. The topological polar surface area (TPSA) is 102 Å². The van der Waals surface area contributed by atoms with Crippen LogP contribution in [0.2, 0.25) is 0 Å². The number of rotatable bonds is 9. The molecule has 2 N–H and O–H groups in total. The van der Waals surface area contributed by atoms with Crippen LogP contribution in [0.25, 0.3) is 0 Å². The Balaban J connectivity index is 1.57. The monoisotopic (exact) mass is 416 g/mol.